The van der Waals surface area contributed by atoms with Gasteiger partial charge < -0.3 is 14.9 Å². The normalized spacial score (nSPS) is 21.2. The Morgan fingerprint density at radius 2 is 2.27 bits per heavy atom. The van der Waals surface area contributed by atoms with Gasteiger partial charge in [0, 0.05) is 20.1 Å². The Balaban J connectivity index is 2.54. The van der Waals surface area contributed by atoms with Crippen molar-refractivity contribution in [3.63, 3.8) is 0 Å². The van der Waals surface area contributed by atoms with E-state index < -0.39 is 0 Å². The van der Waals surface area contributed by atoms with Gasteiger partial charge in [0.2, 0.25) is 0 Å². The number of nitrogens with zero attached hydrogens (tertiary/aromatic N) is 2. The van der Waals surface area contributed by atoms with E-state index in [1.165, 1.54) is 0 Å². The summed E-state index contributed by atoms with van der Waals surface area (Å²) < 4.78 is 0. The molecular weight excluding hydrogens is 144 g/mol. The molecule has 1 fully saturated rings. The molecule has 64 valence electrons. The number of carbonyl (C=O) groups excluding carboxylic acids is 1. The summed E-state index contributed by atoms with van der Waals surface area (Å²) in [5.74, 6) is 0. The van der Waals surface area contributed by atoms with Crippen molar-refractivity contribution in [3.8, 4) is 0 Å². The largest absolute Gasteiger partial charge is 0.394 e. The van der Waals surface area contributed by atoms with E-state index in [2.05, 4.69) is 0 Å². The summed E-state index contributed by atoms with van der Waals surface area (Å²) >= 11 is 0. The molecule has 1 rings (SSSR count). The minimum atomic E-state index is -0.0487. The zero-order valence-corrected chi connectivity index (χ0v) is 6.95. The Labute approximate surface area is 66.4 Å². The number of likely N-dealkylation sites (N-methyl/N-ethyl adjacent to an activating group) is 1. The SMILES string of the molecule is CC(CO)N1CCN(C)C1=O. The van der Waals surface area contributed by atoms with E-state index in [0.717, 1.165) is 13.1 Å². The highest BCUT2D eigenvalue weighted by Gasteiger charge is 2.28. The van der Waals surface area contributed by atoms with Crippen molar-refractivity contribution in [2.24, 2.45) is 0 Å². The van der Waals surface area contributed by atoms with E-state index in [4.69, 9.17) is 5.11 Å². The number of aliphatic hydroxyl groups excluding tert-OH is 1. The third-order valence-corrected chi connectivity index (χ3v) is 2.04. The molecule has 4 nitrogen and oxygen atoms in total. The summed E-state index contributed by atoms with van der Waals surface area (Å²) in [6.07, 6.45) is 0. The van der Waals surface area contributed by atoms with Crippen LogP contribution in [0.2, 0.25) is 0 Å². The van der Waals surface area contributed by atoms with E-state index in [-0.39, 0.29) is 18.7 Å². The number of urea groups is 1. The summed E-state index contributed by atoms with van der Waals surface area (Å²) in [4.78, 5) is 14.6. The minimum absolute atomic E-state index is 0.0200. The van der Waals surface area contributed by atoms with Gasteiger partial charge in [-0.3, -0.25) is 0 Å². The molecule has 1 unspecified atom stereocenters. The molecule has 0 radical (unpaired) electrons. The van der Waals surface area contributed by atoms with Crippen LogP contribution in [0.3, 0.4) is 0 Å². The lowest BCUT2D eigenvalue weighted by Gasteiger charge is -2.21. The molecule has 0 aromatic heterocycles. The zero-order valence-electron chi connectivity index (χ0n) is 6.95. The number of aliphatic hydroxyl groups is 1. The Morgan fingerprint density at radius 1 is 1.64 bits per heavy atom. The molecule has 11 heavy (non-hydrogen) atoms. The fourth-order valence-corrected chi connectivity index (χ4v) is 1.18. The van der Waals surface area contributed by atoms with Gasteiger partial charge in [-0.05, 0) is 6.92 Å². The fourth-order valence-electron chi connectivity index (χ4n) is 1.18. The fraction of sp³-hybridized carbons (Fsp3) is 0.857. The van der Waals surface area contributed by atoms with Crippen molar-refractivity contribution in [2.75, 3.05) is 26.7 Å². The van der Waals surface area contributed by atoms with Crippen LogP contribution in [-0.4, -0.2) is 53.7 Å². The van der Waals surface area contributed by atoms with Crippen LogP contribution in [0.15, 0.2) is 0 Å². The second-order valence-electron chi connectivity index (χ2n) is 2.93. The van der Waals surface area contributed by atoms with Crippen molar-refractivity contribution < 1.29 is 9.90 Å². The topological polar surface area (TPSA) is 43.8 Å². The van der Waals surface area contributed by atoms with Gasteiger partial charge in [-0.1, -0.05) is 0 Å². The van der Waals surface area contributed by atoms with Gasteiger partial charge >= 0.3 is 6.03 Å². The average Bonchev–Trinajstić information content (AvgIpc) is 2.32. The zero-order chi connectivity index (χ0) is 8.43. The molecule has 1 saturated heterocycles. The lowest BCUT2D eigenvalue weighted by molar-refractivity contribution is 0.153. The van der Waals surface area contributed by atoms with E-state index >= 15 is 0 Å². The van der Waals surface area contributed by atoms with Gasteiger partial charge in [0.1, 0.15) is 0 Å². The average molecular weight is 158 g/mol. The van der Waals surface area contributed by atoms with E-state index in [1.807, 2.05) is 6.92 Å². The van der Waals surface area contributed by atoms with Crippen LogP contribution in [0.4, 0.5) is 4.79 Å². The molecule has 2 amide bonds. The molecule has 1 aliphatic rings. The van der Waals surface area contributed by atoms with Crippen LogP contribution in [0, 0.1) is 0 Å². The van der Waals surface area contributed by atoms with Crippen molar-refractivity contribution >= 4 is 6.03 Å². The smallest absolute Gasteiger partial charge is 0.320 e. The molecule has 0 aliphatic carbocycles. The second-order valence-corrected chi connectivity index (χ2v) is 2.93. The molecule has 4 heteroatoms. The predicted molar refractivity (Wildman–Crippen MR) is 41.3 cm³/mol. The predicted octanol–water partition coefficient (Wildman–Crippen LogP) is -0.265. The molecule has 1 aliphatic heterocycles. The van der Waals surface area contributed by atoms with Gasteiger partial charge in [0.15, 0.2) is 0 Å². The van der Waals surface area contributed by atoms with Crippen LogP contribution in [0.1, 0.15) is 6.92 Å². The molecule has 1 N–H and O–H groups in total. The van der Waals surface area contributed by atoms with Gasteiger partial charge in [-0.25, -0.2) is 4.79 Å². The monoisotopic (exact) mass is 158 g/mol. The third kappa shape index (κ3) is 1.45. The Kier molecular flexibility index (Phi) is 2.34. The number of carbonyl (C=O) groups is 1. The molecule has 1 atom stereocenters. The second kappa shape index (κ2) is 3.09. The Bertz CT molecular complexity index is 161. The third-order valence-electron chi connectivity index (χ3n) is 2.04. The summed E-state index contributed by atoms with van der Waals surface area (Å²) in [6.45, 7) is 3.39. The summed E-state index contributed by atoms with van der Waals surface area (Å²) in [5, 5.41) is 8.79. The van der Waals surface area contributed by atoms with Crippen LogP contribution in [0.5, 0.6) is 0 Å². The quantitative estimate of drug-likeness (QED) is 0.601. The van der Waals surface area contributed by atoms with Crippen molar-refractivity contribution in [1.29, 1.82) is 0 Å². The maximum Gasteiger partial charge on any atom is 0.320 e. The summed E-state index contributed by atoms with van der Waals surface area (Å²) in [6, 6.07) is -0.0287. The first-order valence-corrected chi connectivity index (χ1v) is 3.79. The first kappa shape index (κ1) is 8.33. The van der Waals surface area contributed by atoms with Crippen molar-refractivity contribution in [3.05, 3.63) is 0 Å². The first-order valence-electron chi connectivity index (χ1n) is 3.79. The molecule has 0 saturated carbocycles. The standard InChI is InChI=1S/C7H14N2O2/c1-6(5-10)9-4-3-8(2)7(9)11/h6,10H,3-5H2,1-2H3. The molecule has 1 heterocycles. The molecule has 0 aromatic rings. The van der Waals surface area contributed by atoms with Crippen LogP contribution >= 0.6 is 0 Å². The van der Waals surface area contributed by atoms with E-state index in [9.17, 15) is 4.79 Å². The van der Waals surface area contributed by atoms with Crippen LogP contribution in [0.25, 0.3) is 0 Å². The summed E-state index contributed by atoms with van der Waals surface area (Å²) in [5.41, 5.74) is 0. The highest BCUT2D eigenvalue weighted by Crippen LogP contribution is 2.09. The molecule has 0 spiro atoms. The number of hydrogen-bond donors (Lipinski definition) is 1. The van der Waals surface area contributed by atoms with E-state index in [1.54, 1.807) is 16.8 Å². The minimum Gasteiger partial charge on any atom is -0.394 e. The Morgan fingerprint density at radius 3 is 2.64 bits per heavy atom. The maximum atomic E-state index is 11.2. The highest BCUT2D eigenvalue weighted by atomic mass is 16.3. The molecule has 0 aromatic carbocycles. The maximum absolute atomic E-state index is 11.2. The van der Waals surface area contributed by atoms with Gasteiger partial charge in [-0.2, -0.15) is 0 Å². The Hall–Kier alpha value is -0.770. The van der Waals surface area contributed by atoms with Crippen LogP contribution < -0.4 is 0 Å². The lowest BCUT2D eigenvalue weighted by atomic mass is 10.3. The summed E-state index contributed by atoms with van der Waals surface area (Å²) in [7, 11) is 1.77. The lowest BCUT2D eigenvalue weighted by Crippen LogP contribution is -2.38. The molecule has 0 bridgehead atoms. The van der Waals surface area contributed by atoms with Crippen molar-refractivity contribution in [2.45, 2.75) is 13.0 Å². The van der Waals surface area contributed by atoms with E-state index in [0.29, 0.717) is 0 Å². The van der Waals surface area contributed by atoms with Gasteiger partial charge in [0.25, 0.3) is 0 Å². The number of rotatable bonds is 2. The number of amides is 2. The first-order chi connectivity index (χ1) is 5.16. The van der Waals surface area contributed by atoms with Gasteiger partial charge in [0.05, 0.1) is 12.6 Å². The van der Waals surface area contributed by atoms with Crippen molar-refractivity contribution in [1.82, 2.24) is 9.80 Å². The molecular formula is C7H14N2O2. The van der Waals surface area contributed by atoms with Gasteiger partial charge in [-0.15, -0.1) is 0 Å². The van der Waals surface area contributed by atoms with Crippen LogP contribution in [-0.2, 0) is 0 Å². The highest BCUT2D eigenvalue weighted by molar-refractivity contribution is 5.76. The number of hydrogen-bond acceptors (Lipinski definition) is 2.